The number of ether oxygens (including phenoxy) is 1. The molecule has 0 bridgehead atoms. The van der Waals surface area contributed by atoms with Crippen molar-refractivity contribution in [3.63, 3.8) is 0 Å². The van der Waals surface area contributed by atoms with Crippen LogP contribution >= 0.6 is 0 Å². The van der Waals surface area contributed by atoms with Crippen molar-refractivity contribution in [2.24, 2.45) is 5.92 Å². The number of carbonyl (C=O) groups is 2. The van der Waals surface area contributed by atoms with Gasteiger partial charge in [-0.05, 0) is 42.2 Å². The van der Waals surface area contributed by atoms with Gasteiger partial charge in [0.05, 0.1) is 24.9 Å². The first kappa shape index (κ1) is 22.5. The quantitative estimate of drug-likeness (QED) is 0.604. The van der Waals surface area contributed by atoms with Crippen molar-refractivity contribution in [3.05, 3.63) is 77.9 Å². The highest BCUT2D eigenvalue weighted by Gasteiger charge is 2.31. The molecule has 7 heteroatoms. The standard InChI is InChI=1S/C26H28N4O3/c1-18-15-28-24(16-27-18)26(32)30-13-12-29(2)25(31)22(17-30)14-19-4-6-20(7-5-19)21-8-10-23(33-3)11-9-21/h4-11,15-16,22H,12-14,17H2,1-3H3. The third kappa shape index (κ3) is 5.19. The number of amides is 2. The highest BCUT2D eigenvalue weighted by atomic mass is 16.5. The fourth-order valence-corrected chi connectivity index (χ4v) is 4.03. The van der Waals surface area contributed by atoms with Gasteiger partial charge in [0, 0.05) is 32.9 Å². The van der Waals surface area contributed by atoms with Crippen molar-refractivity contribution >= 4 is 11.8 Å². The number of hydrogen-bond donors (Lipinski definition) is 0. The minimum atomic E-state index is -0.313. The molecule has 0 N–H and O–H groups in total. The Kier molecular flexibility index (Phi) is 6.68. The zero-order chi connectivity index (χ0) is 23.4. The minimum Gasteiger partial charge on any atom is -0.497 e. The molecule has 1 aliphatic rings. The molecule has 1 atom stereocenters. The summed E-state index contributed by atoms with van der Waals surface area (Å²) in [5.41, 5.74) is 4.32. The molecule has 1 aliphatic heterocycles. The molecule has 0 aliphatic carbocycles. The number of methoxy groups -OCH3 is 1. The van der Waals surface area contributed by atoms with Crippen molar-refractivity contribution in [2.45, 2.75) is 13.3 Å². The van der Waals surface area contributed by atoms with Crippen LogP contribution in [0.15, 0.2) is 60.9 Å². The Balaban J connectivity index is 1.49. The summed E-state index contributed by atoms with van der Waals surface area (Å²) in [7, 11) is 3.45. The van der Waals surface area contributed by atoms with Crippen LogP contribution in [-0.2, 0) is 11.2 Å². The number of rotatable bonds is 5. The maximum absolute atomic E-state index is 13.0. The van der Waals surface area contributed by atoms with Crippen LogP contribution in [0.3, 0.4) is 0 Å². The Bertz CT molecular complexity index is 1110. The molecule has 1 fully saturated rings. The molecular formula is C26H28N4O3. The first-order chi connectivity index (χ1) is 15.9. The molecule has 0 radical (unpaired) electrons. The van der Waals surface area contributed by atoms with Crippen LogP contribution in [-0.4, -0.2) is 65.4 Å². The van der Waals surface area contributed by atoms with Crippen molar-refractivity contribution in [2.75, 3.05) is 33.8 Å². The van der Waals surface area contributed by atoms with Crippen LogP contribution in [0.25, 0.3) is 11.1 Å². The maximum Gasteiger partial charge on any atom is 0.274 e. The van der Waals surface area contributed by atoms with Crippen molar-refractivity contribution < 1.29 is 14.3 Å². The predicted molar refractivity (Wildman–Crippen MR) is 126 cm³/mol. The molecule has 170 valence electrons. The minimum absolute atomic E-state index is 0.0551. The van der Waals surface area contributed by atoms with E-state index < -0.39 is 0 Å². The second-order valence-corrected chi connectivity index (χ2v) is 8.38. The highest BCUT2D eigenvalue weighted by Crippen LogP contribution is 2.24. The Morgan fingerprint density at radius 1 is 1.00 bits per heavy atom. The van der Waals surface area contributed by atoms with Gasteiger partial charge in [-0.3, -0.25) is 14.6 Å². The van der Waals surface area contributed by atoms with Crippen LogP contribution in [0, 0.1) is 12.8 Å². The number of aromatic nitrogens is 2. The Hall–Kier alpha value is -3.74. The molecular weight excluding hydrogens is 416 g/mol. The largest absolute Gasteiger partial charge is 0.497 e. The maximum atomic E-state index is 13.0. The van der Waals surface area contributed by atoms with Crippen LogP contribution < -0.4 is 4.74 Å². The first-order valence-corrected chi connectivity index (χ1v) is 11.0. The lowest BCUT2D eigenvalue weighted by Gasteiger charge is -2.23. The summed E-state index contributed by atoms with van der Waals surface area (Å²) in [6, 6.07) is 16.1. The summed E-state index contributed by atoms with van der Waals surface area (Å²) in [5, 5.41) is 0. The fourth-order valence-electron chi connectivity index (χ4n) is 4.03. The molecule has 1 unspecified atom stereocenters. The average Bonchev–Trinajstić information content (AvgIpc) is 2.98. The molecule has 0 saturated carbocycles. The molecule has 1 saturated heterocycles. The topological polar surface area (TPSA) is 75.6 Å². The first-order valence-electron chi connectivity index (χ1n) is 11.0. The molecule has 4 rings (SSSR count). The second-order valence-electron chi connectivity index (χ2n) is 8.38. The van der Waals surface area contributed by atoms with E-state index in [9.17, 15) is 9.59 Å². The summed E-state index contributed by atoms with van der Waals surface area (Å²) in [4.78, 5) is 37.8. The van der Waals surface area contributed by atoms with Gasteiger partial charge in [0.25, 0.3) is 5.91 Å². The van der Waals surface area contributed by atoms with Gasteiger partial charge in [-0.2, -0.15) is 0 Å². The summed E-state index contributed by atoms with van der Waals surface area (Å²) in [5.74, 6) is 0.374. The predicted octanol–water partition coefficient (Wildman–Crippen LogP) is 3.23. The lowest BCUT2D eigenvalue weighted by molar-refractivity contribution is -0.133. The van der Waals surface area contributed by atoms with E-state index >= 15 is 0 Å². The zero-order valence-corrected chi connectivity index (χ0v) is 19.2. The number of nitrogens with zero attached hydrogens (tertiary/aromatic N) is 4. The number of hydrogen-bond acceptors (Lipinski definition) is 5. The van der Waals surface area contributed by atoms with Crippen LogP contribution in [0.5, 0.6) is 5.75 Å². The number of aryl methyl sites for hydroxylation is 1. The van der Waals surface area contributed by atoms with Gasteiger partial charge in [-0.1, -0.05) is 36.4 Å². The van der Waals surface area contributed by atoms with Gasteiger partial charge in [-0.15, -0.1) is 0 Å². The van der Waals surface area contributed by atoms with Crippen molar-refractivity contribution in [1.82, 2.24) is 19.8 Å². The molecule has 2 aromatic carbocycles. The Morgan fingerprint density at radius 3 is 2.27 bits per heavy atom. The van der Waals surface area contributed by atoms with Gasteiger partial charge < -0.3 is 14.5 Å². The summed E-state index contributed by atoms with van der Waals surface area (Å²) in [6.07, 6.45) is 3.65. The van der Waals surface area contributed by atoms with Crippen LogP contribution in [0.4, 0.5) is 0 Å². The average molecular weight is 445 g/mol. The van der Waals surface area contributed by atoms with Gasteiger partial charge >= 0.3 is 0 Å². The van der Waals surface area contributed by atoms with Gasteiger partial charge in [0.1, 0.15) is 11.4 Å². The van der Waals surface area contributed by atoms with Gasteiger partial charge in [0.2, 0.25) is 5.91 Å². The molecule has 2 amide bonds. The van der Waals surface area contributed by atoms with Gasteiger partial charge in [0.15, 0.2) is 0 Å². The third-order valence-electron chi connectivity index (χ3n) is 6.02. The molecule has 2 heterocycles. The monoisotopic (exact) mass is 444 g/mol. The summed E-state index contributed by atoms with van der Waals surface area (Å²) < 4.78 is 5.23. The zero-order valence-electron chi connectivity index (χ0n) is 19.2. The number of benzene rings is 2. The summed E-state index contributed by atoms with van der Waals surface area (Å²) in [6.45, 7) is 3.16. The van der Waals surface area contributed by atoms with E-state index in [1.165, 1.54) is 6.20 Å². The van der Waals surface area contributed by atoms with Crippen molar-refractivity contribution in [3.8, 4) is 16.9 Å². The lowest BCUT2D eigenvalue weighted by atomic mass is 9.95. The Morgan fingerprint density at radius 2 is 1.67 bits per heavy atom. The second kappa shape index (κ2) is 9.81. The summed E-state index contributed by atoms with van der Waals surface area (Å²) >= 11 is 0. The third-order valence-corrected chi connectivity index (χ3v) is 6.02. The SMILES string of the molecule is COc1ccc(-c2ccc(CC3CN(C(=O)c4cnc(C)cn4)CCN(C)C3=O)cc2)cc1. The highest BCUT2D eigenvalue weighted by molar-refractivity contribution is 5.92. The Labute approximate surface area is 194 Å². The van der Waals surface area contributed by atoms with Crippen molar-refractivity contribution in [1.29, 1.82) is 0 Å². The van der Waals surface area contributed by atoms with E-state index in [1.54, 1.807) is 30.2 Å². The lowest BCUT2D eigenvalue weighted by Crippen LogP contribution is -2.37. The number of likely N-dealkylation sites (N-methyl/N-ethyl adjacent to an activating group) is 1. The molecule has 1 aromatic heterocycles. The molecule has 33 heavy (non-hydrogen) atoms. The van der Waals surface area contributed by atoms with E-state index in [2.05, 4.69) is 34.2 Å². The molecule has 7 nitrogen and oxygen atoms in total. The van der Waals surface area contributed by atoms with E-state index in [0.29, 0.717) is 31.7 Å². The fraction of sp³-hybridized carbons (Fsp3) is 0.308. The van der Waals surface area contributed by atoms with Gasteiger partial charge in [-0.25, -0.2) is 4.98 Å². The number of carbonyl (C=O) groups excluding carboxylic acids is 2. The smallest absolute Gasteiger partial charge is 0.274 e. The van der Waals surface area contributed by atoms with E-state index in [4.69, 9.17) is 4.74 Å². The normalized spacial score (nSPS) is 16.5. The molecule has 3 aromatic rings. The van der Waals surface area contributed by atoms with Crippen LogP contribution in [0.1, 0.15) is 21.7 Å². The molecule has 0 spiro atoms. The van der Waals surface area contributed by atoms with E-state index in [0.717, 1.165) is 28.1 Å². The van der Waals surface area contributed by atoms with Crippen LogP contribution in [0.2, 0.25) is 0 Å². The van der Waals surface area contributed by atoms with E-state index in [-0.39, 0.29) is 17.7 Å². The van der Waals surface area contributed by atoms with E-state index in [1.807, 2.05) is 31.2 Å².